The van der Waals surface area contributed by atoms with Gasteiger partial charge in [-0.05, 0) is 12.5 Å². The predicted octanol–water partition coefficient (Wildman–Crippen LogP) is 3.69. The number of hydrogen-bond acceptors (Lipinski definition) is 1. The summed E-state index contributed by atoms with van der Waals surface area (Å²) in [5.74, 6) is 0.844. The Hall–Kier alpha value is -1.24. The van der Waals surface area contributed by atoms with Crippen LogP contribution >= 0.6 is 0 Å². The minimum Gasteiger partial charge on any atom is -0.491 e. The molecule has 0 aliphatic carbocycles. The van der Waals surface area contributed by atoms with Gasteiger partial charge in [0.1, 0.15) is 6.10 Å². The molecule has 0 aliphatic heterocycles. The van der Waals surface area contributed by atoms with Crippen LogP contribution in [0.4, 0.5) is 0 Å². The lowest BCUT2D eigenvalue weighted by molar-refractivity contribution is 0.128. The van der Waals surface area contributed by atoms with E-state index in [0.717, 1.165) is 12.2 Å². The van der Waals surface area contributed by atoms with Crippen LogP contribution in [-0.4, -0.2) is 0 Å². The first kappa shape index (κ1) is 9.85. The van der Waals surface area contributed by atoms with E-state index >= 15 is 0 Å². The Bertz CT molecular complexity index is 264. The van der Waals surface area contributed by atoms with Crippen LogP contribution in [0.15, 0.2) is 42.7 Å². The zero-order valence-electron chi connectivity index (χ0n) is 8.29. The molecule has 0 bridgehead atoms. The van der Waals surface area contributed by atoms with E-state index < -0.39 is 0 Å². The zero-order valence-corrected chi connectivity index (χ0v) is 8.29. The quantitative estimate of drug-likeness (QED) is 0.636. The Morgan fingerprint density at radius 3 is 2.54 bits per heavy atom. The molecule has 0 saturated carbocycles. The summed E-state index contributed by atoms with van der Waals surface area (Å²) in [5.41, 5.74) is 1.19. The molecule has 0 aliphatic rings. The summed E-state index contributed by atoms with van der Waals surface area (Å²) < 4.78 is 5.59. The first-order chi connectivity index (χ1) is 6.24. The molecule has 1 nitrogen and oxygen atoms in total. The molecular formula is C12H16O. The molecule has 0 heterocycles. The lowest BCUT2D eigenvalue weighted by Crippen LogP contribution is -1.98. The van der Waals surface area contributed by atoms with Gasteiger partial charge in [-0.3, -0.25) is 0 Å². The van der Waals surface area contributed by atoms with E-state index in [-0.39, 0.29) is 6.10 Å². The molecule has 0 saturated heterocycles. The standard InChI is InChI=1S/C12H16O/c1-4-10(2)13-11(3)12-8-6-5-7-9-12/h5-9,11H,2,4H2,1,3H3. The van der Waals surface area contributed by atoms with Crippen molar-refractivity contribution in [2.45, 2.75) is 26.4 Å². The Labute approximate surface area is 80.0 Å². The van der Waals surface area contributed by atoms with Crippen molar-refractivity contribution in [1.82, 2.24) is 0 Å². The topological polar surface area (TPSA) is 9.23 Å². The van der Waals surface area contributed by atoms with E-state index in [2.05, 4.69) is 18.7 Å². The van der Waals surface area contributed by atoms with E-state index in [1.54, 1.807) is 0 Å². The summed E-state index contributed by atoms with van der Waals surface area (Å²) in [4.78, 5) is 0. The number of benzene rings is 1. The minimum atomic E-state index is 0.105. The number of allylic oxidation sites excluding steroid dienone is 1. The van der Waals surface area contributed by atoms with Crippen LogP contribution in [0.3, 0.4) is 0 Å². The van der Waals surface area contributed by atoms with Gasteiger partial charge in [-0.25, -0.2) is 0 Å². The van der Waals surface area contributed by atoms with Crippen LogP contribution < -0.4 is 0 Å². The van der Waals surface area contributed by atoms with Crippen molar-refractivity contribution in [2.24, 2.45) is 0 Å². The van der Waals surface area contributed by atoms with Gasteiger partial charge >= 0.3 is 0 Å². The maximum atomic E-state index is 5.59. The first-order valence-electron chi connectivity index (χ1n) is 4.63. The monoisotopic (exact) mass is 176 g/mol. The Morgan fingerprint density at radius 1 is 1.38 bits per heavy atom. The van der Waals surface area contributed by atoms with Gasteiger partial charge in [-0.15, -0.1) is 0 Å². The van der Waals surface area contributed by atoms with Crippen molar-refractivity contribution in [3.63, 3.8) is 0 Å². The first-order valence-corrected chi connectivity index (χ1v) is 4.63. The highest BCUT2D eigenvalue weighted by molar-refractivity contribution is 5.17. The highest BCUT2D eigenvalue weighted by Crippen LogP contribution is 2.19. The molecule has 1 atom stereocenters. The lowest BCUT2D eigenvalue weighted by Gasteiger charge is -2.15. The molecule has 13 heavy (non-hydrogen) atoms. The lowest BCUT2D eigenvalue weighted by atomic mass is 10.1. The van der Waals surface area contributed by atoms with Gasteiger partial charge in [0.15, 0.2) is 0 Å². The summed E-state index contributed by atoms with van der Waals surface area (Å²) in [6.07, 6.45) is 0.977. The molecule has 0 fully saturated rings. The zero-order chi connectivity index (χ0) is 9.68. The molecule has 0 amide bonds. The Kier molecular flexibility index (Phi) is 3.56. The minimum absolute atomic E-state index is 0.105. The fourth-order valence-electron chi connectivity index (χ4n) is 1.13. The average molecular weight is 176 g/mol. The SMILES string of the molecule is C=C(CC)OC(C)c1ccccc1. The third-order valence-electron chi connectivity index (χ3n) is 2.01. The third-order valence-corrected chi connectivity index (χ3v) is 2.01. The maximum Gasteiger partial charge on any atom is 0.120 e. The molecule has 1 aromatic carbocycles. The summed E-state index contributed by atoms with van der Waals surface area (Å²) in [6, 6.07) is 10.2. The summed E-state index contributed by atoms with van der Waals surface area (Å²) >= 11 is 0. The van der Waals surface area contributed by atoms with Crippen LogP contribution in [0.5, 0.6) is 0 Å². The average Bonchev–Trinajstić information content (AvgIpc) is 2.19. The Balaban J connectivity index is 2.59. The second-order valence-corrected chi connectivity index (χ2v) is 3.06. The fraction of sp³-hybridized carbons (Fsp3) is 0.333. The van der Waals surface area contributed by atoms with Gasteiger partial charge in [0.05, 0.1) is 5.76 Å². The van der Waals surface area contributed by atoms with Crippen LogP contribution in [-0.2, 0) is 4.74 Å². The maximum absolute atomic E-state index is 5.59. The second kappa shape index (κ2) is 4.70. The second-order valence-electron chi connectivity index (χ2n) is 3.06. The highest BCUT2D eigenvalue weighted by atomic mass is 16.5. The highest BCUT2D eigenvalue weighted by Gasteiger charge is 2.05. The molecule has 0 N–H and O–H groups in total. The van der Waals surface area contributed by atoms with E-state index in [1.165, 1.54) is 5.56 Å². The number of hydrogen-bond donors (Lipinski definition) is 0. The van der Waals surface area contributed by atoms with Crippen molar-refractivity contribution in [3.8, 4) is 0 Å². The largest absolute Gasteiger partial charge is 0.491 e. The van der Waals surface area contributed by atoms with Crippen LogP contribution in [0.25, 0.3) is 0 Å². The van der Waals surface area contributed by atoms with E-state index in [1.807, 2.05) is 32.0 Å². The van der Waals surface area contributed by atoms with Crippen LogP contribution in [0.2, 0.25) is 0 Å². The van der Waals surface area contributed by atoms with E-state index in [0.29, 0.717) is 0 Å². The van der Waals surface area contributed by atoms with Gasteiger partial charge in [0.25, 0.3) is 0 Å². The van der Waals surface area contributed by atoms with Gasteiger partial charge in [0, 0.05) is 6.42 Å². The van der Waals surface area contributed by atoms with Crippen molar-refractivity contribution < 1.29 is 4.74 Å². The van der Waals surface area contributed by atoms with Crippen molar-refractivity contribution in [2.75, 3.05) is 0 Å². The number of ether oxygens (including phenoxy) is 1. The molecule has 70 valence electrons. The summed E-state index contributed by atoms with van der Waals surface area (Å²) in [6.45, 7) is 7.90. The molecule has 0 aromatic heterocycles. The molecule has 0 spiro atoms. The molecule has 1 unspecified atom stereocenters. The van der Waals surface area contributed by atoms with Crippen LogP contribution in [0.1, 0.15) is 31.9 Å². The normalized spacial score (nSPS) is 12.2. The smallest absolute Gasteiger partial charge is 0.120 e. The van der Waals surface area contributed by atoms with Gasteiger partial charge in [0.2, 0.25) is 0 Å². The molecule has 1 aromatic rings. The van der Waals surface area contributed by atoms with E-state index in [9.17, 15) is 0 Å². The molecular weight excluding hydrogens is 160 g/mol. The summed E-state index contributed by atoms with van der Waals surface area (Å²) in [7, 11) is 0. The summed E-state index contributed by atoms with van der Waals surface area (Å²) in [5, 5.41) is 0. The third kappa shape index (κ3) is 2.94. The van der Waals surface area contributed by atoms with Gasteiger partial charge in [-0.2, -0.15) is 0 Å². The molecule has 1 heteroatoms. The van der Waals surface area contributed by atoms with Crippen LogP contribution in [0, 0.1) is 0 Å². The van der Waals surface area contributed by atoms with Crippen molar-refractivity contribution >= 4 is 0 Å². The Morgan fingerprint density at radius 2 is 2.00 bits per heavy atom. The van der Waals surface area contributed by atoms with Crippen molar-refractivity contribution in [3.05, 3.63) is 48.2 Å². The van der Waals surface area contributed by atoms with Crippen molar-refractivity contribution in [1.29, 1.82) is 0 Å². The predicted molar refractivity (Wildman–Crippen MR) is 55.4 cm³/mol. The fourth-order valence-corrected chi connectivity index (χ4v) is 1.13. The molecule has 0 radical (unpaired) electrons. The van der Waals surface area contributed by atoms with Gasteiger partial charge < -0.3 is 4.74 Å². The number of rotatable bonds is 4. The van der Waals surface area contributed by atoms with Gasteiger partial charge in [-0.1, -0.05) is 43.8 Å². The van der Waals surface area contributed by atoms with E-state index in [4.69, 9.17) is 4.74 Å². The molecule has 1 rings (SSSR count).